The number of methoxy groups -OCH3 is 1. The molecule has 0 aliphatic carbocycles. The molecule has 3 heterocycles. The lowest BCUT2D eigenvalue weighted by molar-refractivity contribution is -0.146. The number of aromatic nitrogens is 1. The maximum absolute atomic E-state index is 12.1. The summed E-state index contributed by atoms with van der Waals surface area (Å²) in [6.07, 6.45) is 0.0594. The van der Waals surface area contributed by atoms with Crippen LogP contribution in [0.3, 0.4) is 0 Å². The smallest absolute Gasteiger partial charge is 0.307 e. The third kappa shape index (κ3) is 3.77. The molecule has 0 radical (unpaired) electrons. The van der Waals surface area contributed by atoms with Crippen molar-refractivity contribution in [1.82, 2.24) is 15.2 Å². The SMILES string of the molecule is COC(=O)CC1C(=O)NCCN1Cc1csc(-c2ccsc2)n1. The van der Waals surface area contributed by atoms with Gasteiger partial charge in [0, 0.05) is 36.0 Å². The van der Waals surface area contributed by atoms with E-state index in [0.29, 0.717) is 19.6 Å². The minimum Gasteiger partial charge on any atom is -0.469 e. The van der Waals surface area contributed by atoms with Crippen molar-refractivity contribution in [2.75, 3.05) is 20.2 Å². The molecule has 122 valence electrons. The molecule has 1 aliphatic rings. The summed E-state index contributed by atoms with van der Waals surface area (Å²) in [5.74, 6) is -0.510. The number of nitrogens with one attached hydrogen (secondary N) is 1. The highest BCUT2D eigenvalue weighted by atomic mass is 32.1. The molecule has 1 unspecified atom stereocenters. The normalized spacial score (nSPS) is 18.7. The molecule has 1 amide bonds. The first-order valence-electron chi connectivity index (χ1n) is 7.23. The maximum Gasteiger partial charge on any atom is 0.307 e. The average molecular weight is 351 g/mol. The molecule has 0 bridgehead atoms. The van der Waals surface area contributed by atoms with Gasteiger partial charge in [-0.25, -0.2) is 4.98 Å². The van der Waals surface area contributed by atoms with Crippen molar-refractivity contribution in [3.05, 3.63) is 27.9 Å². The molecule has 0 saturated carbocycles. The number of thiazole rings is 1. The van der Waals surface area contributed by atoms with Crippen LogP contribution in [-0.4, -0.2) is 48.0 Å². The monoisotopic (exact) mass is 351 g/mol. The number of thiophene rings is 1. The first kappa shape index (κ1) is 16.1. The first-order valence-corrected chi connectivity index (χ1v) is 9.05. The van der Waals surface area contributed by atoms with E-state index in [1.807, 2.05) is 21.7 Å². The Kier molecular flexibility index (Phi) is 5.04. The van der Waals surface area contributed by atoms with Crippen LogP contribution in [0.1, 0.15) is 12.1 Å². The van der Waals surface area contributed by atoms with Gasteiger partial charge in [0.15, 0.2) is 0 Å². The Hall–Kier alpha value is -1.77. The predicted octanol–water partition coefficient (Wildman–Crippen LogP) is 1.74. The Labute approximate surface area is 142 Å². The molecule has 1 N–H and O–H groups in total. The van der Waals surface area contributed by atoms with Gasteiger partial charge in [-0.2, -0.15) is 11.3 Å². The van der Waals surface area contributed by atoms with Crippen molar-refractivity contribution in [3.63, 3.8) is 0 Å². The van der Waals surface area contributed by atoms with Crippen molar-refractivity contribution in [3.8, 4) is 10.6 Å². The van der Waals surface area contributed by atoms with Gasteiger partial charge in [-0.05, 0) is 11.4 Å². The molecule has 0 aromatic carbocycles. The summed E-state index contributed by atoms with van der Waals surface area (Å²) in [5, 5.41) is 9.88. The van der Waals surface area contributed by atoms with Crippen LogP contribution >= 0.6 is 22.7 Å². The minimum atomic E-state index is -0.498. The molecule has 3 rings (SSSR count). The van der Waals surface area contributed by atoms with Gasteiger partial charge in [-0.1, -0.05) is 0 Å². The Bertz CT molecular complexity index is 684. The molecule has 0 spiro atoms. The number of carbonyl (C=O) groups excluding carboxylic acids is 2. The molecule has 1 atom stereocenters. The molecule has 1 aliphatic heterocycles. The Morgan fingerprint density at radius 1 is 1.52 bits per heavy atom. The molecular formula is C15H17N3O3S2. The van der Waals surface area contributed by atoms with Crippen LogP contribution in [0.25, 0.3) is 10.6 Å². The molecule has 6 nitrogen and oxygen atoms in total. The number of hydrogen-bond donors (Lipinski definition) is 1. The van der Waals surface area contributed by atoms with Crippen molar-refractivity contribution in [2.45, 2.75) is 19.0 Å². The summed E-state index contributed by atoms with van der Waals surface area (Å²) in [4.78, 5) is 30.2. The number of hydrogen-bond acceptors (Lipinski definition) is 7. The number of nitrogens with zero attached hydrogens (tertiary/aromatic N) is 2. The van der Waals surface area contributed by atoms with Crippen LogP contribution < -0.4 is 5.32 Å². The van der Waals surface area contributed by atoms with Gasteiger partial charge in [0.25, 0.3) is 0 Å². The van der Waals surface area contributed by atoms with E-state index in [1.165, 1.54) is 7.11 Å². The maximum atomic E-state index is 12.1. The highest BCUT2D eigenvalue weighted by molar-refractivity contribution is 7.14. The van der Waals surface area contributed by atoms with Crippen LogP contribution in [0.2, 0.25) is 0 Å². The van der Waals surface area contributed by atoms with E-state index in [9.17, 15) is 9.59 Å². The molecule has 2 aromatic rings. The number of carbonyl (C=O) groups is 2. The van der Waals surface area contributed by atoms with Crippen LogP contribution in [0.4, 0.5) is 0 Å². The molecule has 8 heteroatoms. The molecular weight excluding hydrogens is 334 g/mol. The van der Waals surface area contributed by atoms with Crippen molar-refractivity contribution in [2.24, 2.45) is 0 Å². The van der Waals surface area contributed by atoms with Crippen molar-refractivity contribution < 1.29 is 14.3 Å². The number of piperazine rings is 1. The fourth-order valence-corrected chi connectivity index (χ4v) is 4.04. The van der Waals surface area contributed by atoms with E-state index in [0.717, 1.165) is 16.3 Å². The Balaban J connectivity index is 1.72. The fourth-order valence-electron chi connectivity index (χ4n) is 2.52. The zero-order chi connectivity index (χ0) is 16.2. The predicted molar refractivity (Wildman–Crippen MR) is 89.3 cm³/mol. The van der Waals surface area contributed by atoms with Gasteiger partial charge in [0.1, 0.15) is 11.0 Å². The summed E-state index contributed by atoms with van der Waals surface area (Å²) in [6, 6.07) is 1.55. The lowest BCUT2D eigenvalue weighted by Gasteiger charge is -2.33. The van der Waals surface area contributed by atoms with Gasteiger partial charge in [0.05, 0.1) is 19.2 Å². The van der Waals surface area contributed by atoms with Crippen LogP contribution in [0.15, 0.2) is 22.2 Å². The van der Waals surface area contributed by atoms with Crippen molar-refractivity contribution >= 4 is 34.6 Å². The lowest BCUT2D eigenvalue weighted by atomic mass is 10.1. The molecule has 1 saturated heterocycles. The summed E-state index contributed by atoms with van der Waals surface area (Å²) >= 11 is 3.23. The second-order valence-corrected chi connectivity index (χ2v) is 6.85. The summed E-state index contributed by atoms with van der Waals surface area (Å²) in [5.41, 5.74) is 2.04. The van der Waals surface area contributed by atoms with Crippen LogP contribution in [0, 0.1) is 0 Å². The second kappa shape index (κ2) is 7.20. The van der Waals surface area contributed by atoms with Gasteiger partial charge in [-0.3, -0.25) is 14.5 Å². The number of amides is 1. The summed E-state index contributed by atoms with van der Waals surface area (Å²) < 4.78 is 4.69. The first-order chi connectivity index (χ1) is 11.2. The van der Waals surface area contributed by atoms with E-state index < -0.39 is 6.04 Å². The van der Waals surface area contributed by atoms with Crippen LogP contribution in [0.5, 0.6) is 0 Å². The van der Waals surface area contributed by atoms with E-state index in [4.69, 9.17) is 4.74 Å². The van der Waals surface area contributed by atoms with Gasteiger partial charge in [-0.15, -0.1) is 11.3 Å². The Morgan fingerprint density at radius 2 is 2.39 bits per heavy atom. The van der Waals surface area contributed by atoms with E-state index in [2.05, 4.69) is 15.7 Å². The fraction of sp³-hybridized carbons (Fsp3) is 0.400. The van der Waals surface area contributed by atoms with Gasteiger partial charge in [0.2, 0.25) is 5.91 Å². The minimum absolute atomic E-state index is 0.0594. The second-order valence-electron chi connectivity index (χ2n) is 5.21. The summed E-state index contributed by atoms with van der Waals surface area (Å²) in [7, 11) is 1.33. The zero-order valence-corrected chi connectivity index (χ0v) is 14.3. The van der Waals surface area contributed by atoms with Crippen molar-refractivity contribution in [1.29, 1.82) is 0 Å². The highest BCUT2D eigenvalue weighted by Crippen LogP contribution is 2.26. The summed E-state index contributed by atoms with van der Waals surface area (Å²) in [6.45, 7) is 1.83. The van der Waals surface area contributed by atoms with Gasteiger partial charge < -0.3 is 10.1 Å². The third-order valence-electron chi connectivity index (χ3n) is 3.71. The quantitative estimate of drug-likeness (QED) is 0.831. The third-order valence-corrected chi connectivity index (χ3v) is 5.34. The zero-order valence-electron chi connectivity index (χ0n) is 12.7. The molecule has 23 heavy (non-hydrogen) atoms. The average Bonchev–Trinajstić information content (AvgIpc) is 3.21. The van der Waals surface area contributed by atoms with E-state index in [1.54, 1.807) is 22.7 Å². The largest absolute Gasteiger partial charge is 0.469 e. The van der Waals surface area contributed by atoms with Crippen LogP contribution in [-0.2, 0) is 20.9 Å². The lowest BCUT2D eigenvalue weighted by Crippen LogP contribution is -2.55. The molecule has 1 fully saturated rings. The topological polar surface area (TPSA) is 71.5 Å². The number of ether oxygens (including phenoxy) is 1. The van der Waals surface area contributed by atoms with E-state index >= 15 is 0 Å². The highest BCUT2D eigenvalue weighted by Gasteiger charge is 2.32. The standard InChI is InChI=1S/C15H17N3O3S2/c1-21-13(19)6-12-14(20)16-3-4-18(12)7-11-9-23-15(17-11)10-2-5-22-8-10/h2,5,8-9,12H,3-4,6-7H2,1H3,(H,16,20). The van der Waals surface area contributed by atoms with Gasteiger partial charge >= 0.3 is 5.97 Å². The number of rotatable bonds is 5. The van der Waals surface area contributed by atoms with E-state index in [-0.39, 0.29) is 18.3 Å². The number of esters is 1. The molecule has 2 aromatic heterocycles. The Morgan fingerprint density at radius 3 is 3.13 bits per heavy atom.